The van der Waals surface area contributed by atoms with Gasteiger partial charge in [0.05, 0.1) is 12.2 Å². The Labute approximate surface area is 90.3 Å². The second-order valence-corrected chi connectivity index (χ2v) is 4.19. The van der Waals surface area contributed by atoms with Crippen molar-refractivity contribution in [1.82, 2.24) is 0 Å². The Bertz CT molecular complexity index is 326. The summed E-state index contributed by atoms with van der Waals surface area (Å²) in [7, 11) is 0. The molecule has 0 spiro atoms. The molecule has 0 saturated carbocycles. The van der Waals surface area contributed by atoms with Gasteiger partial charge < -0.3 is 14.9 Å². The molecule has 1 aromatic carbocycles. The molecule has 84 valence electrons. The van der Waals surface area contributed by atoms with Crippen LogP contribution in [0.4, 0.5) is 0 Å². The maximum atomic E-state index is 9.85. The van der Waals surface area contributed by atoms with E-state index in [4.69, 9.17) is 4.74 Å². The highest BCUT2D eigenvalue weighted by Gasteiger charge is 2.17. The van der Waals surface area contributed by atoms with E-state index in [1.54, 1.807) is 26.0 Å². The SMILES string of the molecule is CCOc1cccc(CC(C)(C)O)c1O. The minimum absolute atomic E-state index is 0.126. The first kappa shape index (κ1) is 11.9. The fraction of sp³-hybridized carbons (Fsp3) is 0.500. The molecule has 0 unspecified atom stereocenters. The van der Waals surface area contributed by atoms with E-state index in [-0.39, 0.29) is 5.75 Å². The lowest BCUT2D eigenvalue weighted by Crippen LogP contribution is -2.21. The topological polar surface area (TPSA) is 49.7 Å². The van der Waals surface area contributed by atoms with Crippen LogP contribution in [0.5, 0.6) is 11.5 Å². The van der Waals surface area contributed by atoms with Crippen molar-refractivity contribution in [2.75, 3.05) is 6.61 Å². The Morgan fingerprint density at radius 1 is 1.33 bits per heavy atom. The van der Waals surface area contributed by atoms with Crippen LogP contribution in [-0.4, -0.2) is 22.4 Å². The summed E-state index contributed by atoms with van der Waals surface area (Å²) in [6.45, 7) is 5.79. The van der Waals surface area contributed by atoms with Gasteiger partial charge in [-0.3, -0.25) is 0 Å². The zero-order valence-corrected chi connectivity index (χ0v) is 9.45. The molecule has 2 N–H and O–H groups in total. The van der Waals surface area contributed by atoms with Crippen LogP contribution in [-0.2, 0) is 6.42 Å². The molecular weight excluding hydrogens is 192 g/mol. The standard InChI is InChI=1S/C12H18O3/c1-4-15-10-7-5-6-9(11(10)13)8-12(2,3)14/h5-7,13-14H,4,8H2,1-3H3. The normalized spacial score (nSPS) is 11.5. The predicted octanol–water partition coefficient (Wildman–Crippen LogP) is 2.10. The van der Waals surface area contributed by atoms with Crippen molar-refractivity contribution >= 4 is 0 Å². The molecular formula is C12H18O3. The lowest BCUT2D eigenvalue weighted by molar-refractivity contribution is 0.0801. The number of hydrogen-bond acceptors (Lipinski definition) is 3. The van der Waals surface area contributed by atoms with E-state index in [2.05, 4.69) is 0 Å². The van der Waals surface area contributed by atoms with Gasteiger partial charge in [-0.05, 0) is 26.8 Å². The molecule has 0 saturated heterocycles. The van der Waals surface area contributed by atoms with Gasteiger partial charge in [0, 0.05) is 12.0 Å². The molecule has 1 rings (SSSR count). The van der Waals surface area contributed by atoms with Crippen molar-refractivity contribution in [3.05, 3.63) is 23.8 Å². The van der Waals surface area contributed by atoms with E-state index in [1.807, 2.05) is 13.0 Å². The summed E-state index contributed by atoms with van der Waals surface area (Å²) >= 11 is 0. The molecule has 0 aliphatic carbocycles. The van der Waals surface area contributed by atoms with E-state index in [0.29, 0.717) is 24.3 Å². The third-order valence-corrected chi connectivity index (χ3v) is 2.01. The van der Waals surface area contributed by atoms with Crippen LogP contribution in [0.3, 0.4) is 0 Å². The van der Waals surface area contributed by atoms with Gasteiger partial charge in [-0.15, -0.1) is 0 Å². The van der Waals surface area contributed by atoms with Gasteiger partial charge in [0.15, 0.2) is 11.5 Å². The fourth-order valence-electron chi connectivity index (χ4n) is 1.45. The van der Waals surface area contributed by atoms with E-state index < -0.39 is 5.60 Å². The monoisotopic (exact) mass is 210 g/mol. The van der Waals surface area contributed by atoms with Crippen molar-refractivity contribution in [2.24, 2.45) is 0 Å². The van der Waals surface area contributed by atoms with Crippen LogP contribution in [0.15, 0.2) is 18.2 Å². The van der Waals surface area contributed by atoms with Crippen molar-refractivity contribution in [2.45, 2.75) is 32.8 Å². The summed E-state index contributed by atoms with van der Waals surface area (Å²) in [5.41, 5.74) is -0.129. The van der Waals surface area contributed by atoms with Crippen LogP contribution in [0.2, 0.25) is 0 Å². The third-order valence-electron chi connectivity index (χ3n) is 2.01. The number of benzene rings is 1. The molecule has 0 bridgehead atoms. The Kier molecular flexibility index (Phi) is 3.58. The maximum absolute atomic E-state index is 9.85. The van der Waals surface area contributed by atoms with Crippen molar-refractivity contribution in [3.63, 3.8) is 0 Å². The molecule has 0 fully saturated rings. The number of phenolic OH excluding ortho intramolecular Hbond substituents is 1. The summed E-state index contributed by atoms with van der Waals surface area (Å²) in [5, 5.41) is 19.5. The number of aromatic hydroxyl groups is 1. The zero-order chi connectivity index (χ0) is 11.5. The first-order chi connectivity index (χ1) is 6.94. The molecule has 15 heavy (non-hydrogen) atoms. The first-order valence-electron chi connectivity index (χ1n) is 5.10. The molecule has 0 aliphatic heterocycles. The second kappa shape index (κ2) is 4.53. The number of hydrogen-bond donors (Lipinski definition) is 2. The number of ether oxygens (including phenoxy) is 1. The molecule has 0 atom stereocenters. The Morgan fingerprint density at radius 3 is 2.53 bits per heavy atom. The summed E-state index contributed by atoms with van der Waals surface area (Å²) in [5.74, 6) is 0.598. The lowest BCUT2D eigenvalue weighted by Gasteiger charge is -2.18. The minimum Gasteiger partial charge on any atom is -0.504 e. The van der Waals surface area contributed by atoms with Crippen LogP contribution in [0, 0.1) is 0 Å². The van der Waals surface area contributed by atoms with Gasteiger partial charge in [0.2, 0.25) is 0 Å². The molecule has 0 heterocycles. The van der Waals surface area contributed by atoms with Crippen LogP contribution < -0.4 is 4.74 Å². The van der Waals surface area contributed by atoms with Crippen molar-refractivity contribution in [1.29, 1.82) is 0 Å². The smallest absolute Gasteiger partial charge is 0.161 e. The molecule has 0 aliphatic rings. The van der Waals surface area contributed by atoms with Crippen LogP contribution in [0.1, 0.15) is 26.3 Å². The van der Waals surface area contributed by atoms with Gasteiger partial charge in [-0.2, -0.15) is 0 Å². The Morgan fingerprint density at radius 2 is 2.00 bits per heavy atom. The van der Waals surface area contributed by atoms with Crippen molar-refractivity contribution < 1.29 is 14.9 Å². The number of para-hydroxylation sites is 1. The highest BCUT2D eigenvalue weighted by Crippen LogP contribution is 2.31. The summed E-state index contributed by atoms with van der Waals surface area (Å²) < 4.78 is 5.26. The van der Waals surface area contributed by atoms with Crippen LogP contribution >= 0.6 is 0 Å². The largest absolute Gasteiger partial charge is 0.504 e. The van der Waals surface area contributed by atoms with Crippen LogP contribution in [0.25, 0.3) is 0 Å². The average molecular weight is 210 g/mol. The van der Waals surface area contributed by atoms with Gasteiger partial charge in [-0.25, -0.2) is 0 Å². The van der Waals surface area contributed by atoms with Gasteiger partial charge in [0.1, 0.15) is 0 Å². The summed E-state index contributed by atoms with van der Waals surface area (Å²) in [4.78, 5) is 0. The number of phenols is 1. The molecule has 3 nitrogen and oxygen atoms in total. The molecule has 1 aromatic rings. The molecule has 0 aromatic heterocycles. The third kappa shape index (κ3) is 3.44. The van der Waals surface area contributed by atoms with Crippen molar-refractivity contribution in [3.8, 4) is 11.5 Å². The molecule has 0 amide bonds. The average Bonchev–Trinajstić information content (AvgIpc) is 2.10. The summed E-state index contributed by atoms with van der Waals surface area (Å²) in [6, 6.07) is 5.31. The Balaban J connectivity index is 2.94. The Hall–Kier alpha value is -1.22. The highest BCUT2D eigenvalue weighted by atomic mass is 16.5. The van der Waals surface area contributed by atoms with Gasteiger partial charge >= 0.3 is 0 Å². The second-order valence-electron chi connectivity index (χ2n) is 4.19. The number of rotatable bonds is 4. The summed E-state index contributed by atoms with van der Waals surface area (Å²) in [6.07, 6.45) is 0.403. The fourth-order valence-corrected chi connectivity index (χ4v) is 1.45. The first-order valence-corrected chi connectivity index (χ1v) is 5.10. The quantitative estimate of drug-likeness (QED) is 0.800. The van der Waals surface area contributed by atoms with E-state index in [9.17, 15) is 10.2 Å². The van der Waals surface area contributed by atoms with Gasteiger partial charge in [-0.1, -0.05) is 12.1 Å². The van der Waals surface area contributed by atoms with E-state index in [1.165, 1.54) is 0 Å². The molecule has 3 heteroatoms. The highest BCUT2D eigenvalue weighted by molar-refractivity contribution is 5.45. The lowest BCUT2D eigenvalue weighted by atomic mass is 9.98. The zero-order valence-electron chi connectivity index (χ0n) is 9.45. The van der Waals surface area contributed by atoms with Gasteiger partial charge in [0.25, 0.3) is 0 Å². The molecule has 0 radical (unpaired) electrons. The van der Waals surface area contributed by atoms with E-state index in [0.717, 1.165) is 0 Å². The maximum Gasteiger partial charge on any atom is 0.161 e. The number of aliphatic hydroxyl groups is 1. The minimum atomic E-state index is -0.831. The van der Waals surface area contributed by atoms with E-state index >= 15 is 0 Å². The predicted molar refractivity (Wildman–Crippen MR) is 59.3 cm³/mol.